The van der Waals surface area contributed by atoms with Crippen LogP contribution in [-0.2, 0) is 5.60 Å². The number of hydrogen-bond acceptors (Lipinski definition) is 2. The van der Waals surface area contributed by atoms with Gasteiger partial charge < -0.3 is 5.11 Å². The normalized spacial score (nSPS) is 30.4. The minimum absolute atomic E-state index is 0.227. The maximum absolute atomic E-state index is 14.0. The van der Waals surface area contributed by atoms with E-state index in [1.807, 2.05) is 0 Å². The molecule has 3 unspecified atom stereocenters. The zero-order chi connectivity index (χ0) is 14.1. The third-order valence-corrected chi connectivity index (χ3v) is 4.54. The summed E-state index contributed by atoms with van der Waals surface area (Å²) >= 11 is 0. The fourth-order valence-electron chi connectivity index (χ4n) is 3.32. The van der Waals surface area contributed by atoms with E-state index in [1.54, 1.807) is 25.1 Å². The highest BCUT2D eigenvalue weighted by Crippen LogP contribution is 2.51. The number of hydrogen-bond donors (Lipinski definition) is 1. The molecular weight excluding hydrogens is 241 g/mol. The molecule has 2 nitrogen and oxygen atoms in total. The van der Waals surface area contributed by atoms with Crippen LogP contribution in [0.5, 0.6) is 0 Å². The average Bonchev–Trinajstić information content (AvgIpc) is 2.38. The second-order valence-electron chi connectivity index (χ2n) is 5.95. The van der Waals surface area contributed by atoms with Crippen LogP contribution in [0.2, 0.25) is 0 Å². The highest BCUT2D eigenvalue weighted by Gasteiger charge is 2.51. The largest absolute Gasteiger partial charge is 0.384 e. The van der Waals surface area contributed by atoms with Gasteiger partial charge in [-0.1, -0.05) is 38.0 Å². The molecular formula is C16H20FNO. The van der Waals surface area contributed by atoms with Crippen molar-refractivity contribution in [3.8, 4) is 6.07 Å². The molecule has 1 saturated carbocycles. The van der Waals surface area contributed by atoms with E-state index in [4.69, 9.17) is 0 Å². The van der Waals surface area contributed by atoms with E-state index < -0.39 is 16.8 Å². The van der Waals surface area contributed by atoms with E-state index in [-0.39, 0.29) is 5.56 Å². The van der Waals surface area contributed by atoms with Crippen molar-refractivity contribution in [2.24, 2.45) is 11.3 Å². The van der Waals surface area contributed by atoms with Gasteiger partial charge in [-0.15, -0.1) is 0 Å². The Morgan fingerprint density at radius 3 is 2.74 bits per heavy atom. The van der Waals surface area contributed by atoms with Gasteiger partial charge in [-0.25, -0.2) is 4.39 Å². The van der Waals surface area contributed by atoms with Gasteiger partial charge >= 0.3 is 0 Å². The van der Waals surface area contributed by atoms with Crippen molar-refractivity contribution < 1.29 is 9.50 Å². The maximum Gasteiger partial charge on any atom is 0.129 e. The summed E-state index contributed by atoms with van der Waals surface area (Å²) in [5, 5.41) is 20.5. The zero-order valence-corrected chi connectivity index (χ0v) is 11.5. The first-order valence-electron chi connectivity index (χ1n) is 6.81. The molecule has 1 fully saturated rings. The number of aliphatic hydroxyl groups is 1. The van der Waals surface area contributed by atoms with Gasteiger partial charge in [0.15, 0.2) is 0 Å². The van der Waals surface area contributed by atoms with Crippen molar-refractivity contribution in [1.29, 1.82) is 5.26 Å². The molecule has 1 aliphatic carbocycles. The highest BCUT2D eigenvalue weighted by atomic mass is 19.1. The monoisotopic (exact) mass is 261 g/mol. The summed E-state index contributed by atoms with van der Waals surface area (Å²) < 4.78 is 14.0. The molecule has 0 heterocycles. The minimum atomic E-state index is -1.46. The lowest BCUT2D eigenvalue weighted by Gasteiger charge is -2.45. The Labute approximate surface area is 113 Å². The van der Waals surface area contributed by atoms with Gasteiger partial charge in [0.05, 0.1) is 11.5 Å². The van der Waals surface area contributed by atoms with Crippen LogP contribution >= 0.6 is 0 Å². The Morgan fingerprint density at radius 1 is 1.47 bits per heavy atom. The molecule has 0 aliphatic heterocycles. The predicted molar refractivity (Wildman–Crippen MR) is 71.6 cm³/mol. The van der Waals surface area contributed by atoms with E-state index in [9.17, 15) is 14.8 Å². The van der Waals surface area contributed by atoms with Crippen LogP contribution in [0.4, 0.5) is 4.39 Å². The van der Waals surface area contributed by atoms with Crippen LogP contribution in [0.25, 0.3) is 0 Å². The van der Waals surface area contributed by atoms with Crippen LogP contribution in [0.1, 0.15) is 45.1 Å². The summed E-state index contributed by atoms with van der Waals surface area (Å²) in [4.78, 5) is 0. The molecule has 1 aromatic rings. The van der Waals surface area contributed by atoms with Crippen LogP contribution in [0.3, 0.4) is 0 Å². The van der Waals surface area contributed by atoms with Crippen molar-refractivity contribution in [2.75, 3.05) is 0 Å². The SMILES string of the molecule is CC1CCCC(C#N)(C(C)(O)c2ccccc2F)C1. The second-order valence-corrected chi connectivity index (χ2v) is 5.95. The topological polar surface area (TPSA) is 44.0 Å². The van der Waals surface area contributed by atoms with E-state index in [1.165, 1.54) is 6.07 Å². The lowest BCUT2D eigenvalue weighted by Crippen LogP contribution is -2.46. The van der Waals surface area contributed by atoms with Crippen LogP contribution in [0, 0.1) is 28.5 Å². The van der Waals surface area contributed by atoms with Crippen molar-refractivity contribution in [3.05, 3.63) is 35.6 Å². The molecule has 0 amide bonds. The molecule has 102 valence electrons. The molecule has 0 aromatic heterocycles. The molecule has 2 rings (SSSR count). The van der Waals surface area contributed by atoms with Gasteiger partial charge in [0.1, 0.15) is 11.4 Å². The summed E-state index contributed by atoms with van der Waals surface area (Å²) in [7, 11) is 0. The molecule has 3 atom stereocenters. The number of halogens is 1. The van der Waals surface area contributed by atoms with E-state index in [0.29, 0.717) is 18.8 Å². The third-order valence-electron chi connectivity index (χ3n) is 4.54. The van der Waals surface area contributed by atoms with Crippen molar-refractivity contribution in [3.63, 3.8) is 0 Å². The first kappa shape index (κ1) is 14.0. The fraction of sp³-hybridized carbons (Fsp3) is 0.562. The van der Waals surface area contributed by atoms with Gasteiger partial charge in [0.25, 0.3) is 0 Å². The summed E-state index contributed by atoms with van der Waals surface area (Å²) in [6.07, 6.45) is 3.20. The summed E-state index contributed by atoms with van der Waals surface area (Å²) in [5.41, 5.74) is -2.13. The first-order chi connectivity index (χ1) is 8.93. The van der Waals surface area contributed by atoms with Crippen molar-refractivity contribution in [2.45, 2.75) is 45.1 Å². The molecule has 0 bridgehead atoms. The number of nitrogens with zero attached hydrogens (tertiary/aromatic N) is 1. The predicted octanol–water partition coefficient (Wildman–Crippen LogP) is 3.75. The molecule has 0 saturated heterocycles. The smallest absolute Gasteiger partial charge is 0.129 e. The van der Waals surface area contributed by atoms with Crippen LogP contribution in [-0.4, -0.2) is 5.11 Å². The van der Waals surface area contributed by atoms with Crippen molar-refractivity contribution >= 4 is 0 Å². The molecule has 1 aromatic carbocycles. The number of nitriles is 1. The van der Waals surface area contributed by atoms with Gasteiger partial charge in [-0.2, -0.15) is 5.26 Å². The molecule has 0 spiro atoms. The van der Waals surface area contributed by atoms with Gasteiger partial charge in [-0.05, 0) is 31.7 Å². The summed E-state index contributed by atoms with van der Waals surface area (Å²) in [6, 6.07) is 8.50. The lowest BCUT2D eigenvalue weighted by molar-refractivity contribution is -0.0742. The standard InChI is InChI=1S/C16H20FNO/c1-12-6-5-9-16(10-12,11-18)15(2,19)13-7-3-4-8-14(13)17/h3-4,7-8,12,19H,5-6,9-10H2,1-2H3. The Kier molecular flexibility index (Phi) is 3.64. The molecule has 0 radical (unpaired) electrons. The van der Waals surface area contributed by atoms with Gasteiger partial charge in [0.2, 0.25) is 0 Å². The average molecular weight is 261 g/mol. The van der Waals surface area contributed by atoms with E-state index >= 15 is 0 Å². The Hall–Kier alpha value is -1.40. The van der Waals surface area contributed by atoms with Gasteiger partial charge in [-0.3, -0.25) is 0 Å². The quantitative estimate of drug-likeness (QED) is 0.881. The van der Waals surface area contributed by atoms with Crippen LogP contribution < -0.4 is 0 Å². The van der Waals surface area contributed by atoms with E-state index in [0.717, 1.165) is 12.8 Å². The molecule has 19 heavy (non-hydrogen) atoms. The molecule has 3 heteroatoms. The Morgan fingerprint density at radius 2 is 2.16 bits per heavy atom. The summed E-state index contributed by atoms with van der Waals surface area (Å²) in [5.74, 6) is -0.0630. The third kappa shape index (κ3) is 2.26. The second kappa shape index (κ2) is 4.94. The summed E-state index contributed by atoms with van der Waals surface area (Å²) in [6.45, 7) is 3.66. The highest BCUT2D eigenvalue weighted by molar-refractivity contribution is 5.30. The van der Waals surface area contributed by atoms with E-state index in [2.05, 4.69) is 13.0 Å². The first-order valence-corrected chi connectivity index (χ1v) is 6.81. The maximum atomic E-state index is 14.0. The molecule has 1 aliphatic rings. The van der Waals surface area contributed by atoms with Crippen molar-refractivity contribution in [1.82, 2.24) is 0 Å². The zero-order valence-electron chi connectivity index (χ0n) is 11.5. The number of benzene rings is 1. The Balaban J connectivity index is 2.47. The van der Waals surface area contributed by atoms with Gasteiger partial charge in [0, 0.05) is 5.56 Å². The van der Waals surface area contributed by atoms with Crippen LogP contribution in [0.15, 0.2) is 24.3 Å². The minimum Gasteiger partial charge on any atom is -0.384 e. The molecule has 1 N–H and O–H groups in total. The lowest BCUT2D eigenvalue weighted by atomic mass is 9.60. The fourth-order valence-corrected chi connectivity index (χ4v) is 3.32. The number of rotatable bonds is 2. The Bertz CT molecular complexity index is 506.